The molecule has 19 heteroatoms. The van der Waals surface area contributed by atoms with Crippen LogP contribution in [0.4, 0.5) is 0 Å². The molecule has 6 atom stereocenters. The van der Waals surface area contributed by atoms with Gasteiger partial charge in [0, 0.05) is 25.7 Å². The summed E-state index contributed by atoms with van der Waals surface area (Å²) >= 11 is 0. The molecule has 0 aliphatic heterocycles. The Kier molecular flexibility index (Phi) is 76.9. The Morgan fingerprint density at radius 2 is 0.481 bits per heavy atom. The van der Waals surface area contributed by atoms with Crippen molar-refractivity contribution in [2.75, 3.05) is 39.6 Å². The second-order valence-electron chi connectivity index (χ2n) is 32.0. The third-order valence-electron chi connectivity index (χ3n) is 20.8. The molecule has 0 rings (SSSR count). The fraction of sp³-hybridized carbons (Fsp3) is 0.954. The van der Waals surface area contributed by atoms with Crippen LogP contribution in [0.25, 0.3) is 0 Å². The maximum Gasteiger partial charge on any atom is 0.472 e. The van der Waals surface area contributed by atoms with Gasteiger partial charge in [0.05, 0.1) is 26.4 Å². The zero-order valence-electron chi connectivity index (χ0n) is 69.7. The highest BCUT2D eigenvalue weighted by Crippen LogP contribution is 2.45. The van der Waals surface area contributed by atoms with Crippen LogP contribution in [0.15, 0.2) is 0 Å². The second kappa shape index (κ2) is 78.3. The van der Waals surface area contributed by atoms with E-state index in [1.54, 1.807) is 0 Å². The summed E-state index contributed by atoms with van der Waals surface area (Å²) < 4.78 is 68.9. The van der Waals surface area contributed by atoms with E-state index in [4.69, 9.17) is 37.0 Å². The van der Waals surface area contributed by atoms with Crippen molar-refractivity contribution in [3.05, 3.63) is 0 Å². The molecule has 0 aromatic rings. The van der Waals surface area contributed by atoms with E-state index in [1.165, 1.54) is 276 Å². The maximum atomic E-state index is 13.2. The Bertz CT molecular complexity index is 2030. The standard InChI is InChI=1S/C87H170O17P2/c1-7-10-12-14-16-18-20-22-24-25-26-27-31-35-38-42-46-50-57-63-69-84(89)97-75-82(103-86(91)71-66-60-52-48-44-40-36-32-29-28-30-34-37-41-45-49-55-61-67-79(4)5)77-101-105(93,94)99-73-81(88)74-100-106(95,96)102-78-83(76-98-85(90)70-64-58-54-53-56-62-68-80(6)9-3)104-87(92)72-65-59-51-47-43-39-33-23-21-19-17-15-13-11-8-2/h79-83,88H,7-78H2,1-6H3,(H,93,94)(H,95,96)/t80?,81-,82-,83-/m1/s1. The van der Waals surface area contributed by atoms with Crippen molar-refractivity contribution in [2.45, 2.75) is 484 Å². The molecular formula is C87H170O17P2. The van der Waals surface area contributed by atoms with Crippen LogP contribution in [0.5, 0.6) is 0 Å². The highest BCUT2D eigenvalue weighted by Gasteiger charge is 2.30. The topological polar surface area (TPSA) is 237 Å². The average Bonchev–Trinajstić information content (AvgIpc) is 0.900. The van der Waals surface area contributed by atoms with Gasteiger partial charge in [0.1, 0.15) is 19.3 Å². The van der Waals surface area contributed by atoms with Crippen molar-refractivity contribution in [3.63, 3.8) is 0 Å². The summed E-state index contributed by atoms with van der Waals surface area (Å²) in [7, 11) is -9.93. The van der Waals surface area contributed by atoms with Gasteiger partial charge in [0.2, 0.25) is 0 Å². The summed E-state index contributed by atoms with van der Waals surface area (Å²) in [5, 5.41) is 10.7. The lowest BCUT2D eigenvalue weighted by molar-refractivity contribution is -0.161. The van der Waals surface area contributed by atoms with E-state index < -0.39 is 97.5 Å². The number of phosphoric acid groups is 2. The van der Waals surface area contributed by atoms with Crippen LogP contribution in [0, 0.1) is 11.8 Å². The van der Waals surface area contributed by atoms with Crippen LogP contribution in [0.1, 0.15) is 465 Å². The number of esters is 4. The summed E-state index contributed by atoms with van der Waals surface area (Å²) in [4.78, 5) is 73.2. The first kappa shape index (κ1) is 104. The molecule has 17 nitrogen and oxygen atoms in total. The van der Waals surface area contributed by atoms with E-state index >= 15 is 0 Å². The number of hydrogen-bond acceptors (Lipinski definition) is 15. The lowest BCUT2D eigenvalue weighted by atomic mass is 10.00. The first-order valence-electron chi connectivity index (χ1n) is 45.0. The fourth-order valence-corrected chi connectivity index (χ4v) is 15.1. The Labute approximate surface area is 651 Å². The maximum absolute atomic E-state index is 13.2. The number of aliphatic hydroxyl groups is 1. The molecule has 0 saturated carbocycles. The number of carbonyl (C=O) groups excluding carboxylic acids is 4. The largest absolute Gasteiger partial charge is 0.472 e. The zero-order chi connectivity index (χ0) is 77.8. The molecule has 0 heterocycles. The Hall–Kier alpha value is -1.94. The van der Waals surface area contributed by atoms with Gasteiger partial charge in [-0.2, -0.15) is 0 Å². The molecule has 0 aliphatic rings. The minimum atomic E-state index is -4.97. The first-order chi connectivity index (χ1) is 51.4. The summed E-state index contributed by atoms with van der Waals surface area (Å²) in [5.74, 6) is -0.551. The van der Waals surface area contributed by atoms with Gasteiger partial charge in [-0.25, -0.2) is 9.13 Å². The van der Waals surface area contributed by atoms with Crippen molar-refractivity contribution in [1.82, 2.24) is 0 Å². The number of hydrogen-bond donors (Lipinski definition) is 3. The number of unbranched alkanes of at least 4 members (excludes halogenated alkanes) is 55. The summed E-state index contributed by atoms with van der Waals surface area (Å²) in [6.07, 6.45) is 70.9. The van der Waals surface area contributed by atoms with E-state index in [0.29, 0.717) is 25.7 Å². The van der Waals surface area contributed by atoms with Crippen LogP contribution in [0.3, 0.4) is 0 Å². The number of phosphoric ester groups is 2. The van der Waals surface area contributed by atoms with Crippen LogP contribution in [-0.2, 0) is 65.4 Å². The quantitative estimate of drug-likeness (QED) is 0.0222. The molecule has 0 radical (unpaired) electrons. The zero-order valence-corrected chi connectivity index (χ0v) is 71.5. The molecule has 0 saturated heterocycles. The molecule has 3 unspecified atom stereocenters. The van der Waals surface area contributed by atoms with Crippen LogP contribution in [-0.4, -0.2) is 96.7 Å². The Morgan fingerprint density at radius 1 is 0.274 bits per heavy atom. The highest BCUT2D eigenvalue weighted by molar-refractivity contribution is 7.47. The second-order valence-corrected chi connectivity index (χ2v) is 34.9. The van der Waals surface area contributed by atoms with Gasteiger partial charge in [0.25, 0.3) is 0 Å². The van der Waals surface area contributed by atoms with Crippen molar-refractivity contribution in [2.24, 2.45) is 11.8 Å². The molecule has 0 aromatic carbocycles. The van der Waals surface area contributed by atoms with Gasteiger partial charge in [0.15, 0.2) is 12.2 Å². The lowest BCUT2D eigenvalue weighted by Crippen LogP contribution is -2.30. The average molecular weight is 1550 g/mol. The van der Waals surface area contributed by atoms with Crippen molar-refractivity contribution in [3.8, 4) is 0 Å². The summed E-state index contributed by atoms with van der Waals surface area (Å²) in [6.45, 7) is 9.67. The van der Waals surface area contributed by atoms with Gasteiger partial charge in [-0.3, -0.25) is 37.3 Å². The van der Waals surface area contributed by atoms with Gasteiger partial charge >= 0.3 is 39.5 Å². The van der Waals surface area contributed by atoms with Crippen LogP contribution in [0.2, 0.25) is 0 Å². The number of rotatable bonds is 86. The molecule has 106 heavy (non-hydrogen) atoms. The van der Waals surface area contributed by atoms with Crippen molar-refractivity contribution in [1.29, 1.82) is 0 Å². The van der Waals surface area contributed by atoms with E-state index in [9.17, 15) is 43.2 Å². The molecule has 0 amide bonds. The number of aliphatic hydroxyl groups excluding tert-OH is 1. The van der Waals surface area contributed by atoms with E-state index in [-0.39, 0.29) is 25.7 Å². The van der Waals surface area contributed by atoms with Crippen LogP contribution >= 0.6 is 15.6 Å². The Balaban J connectivity index is 5.22. The summed E-state index contributed by atoms with van der Waals surface area (Å²) in [5.41, 5.74) is 0. The smallest absolute Gasteiger partial charge is 0.462 e. The van der Waals surface area contributed by atoms with Gasteiger partial charge < -0.3 is 33.8 Å². The predicted octanol–water partition coefficient (Wildman–Crippen LogP) is 26.6. The molecule has 0 bridgehead atoms. The number of carbonyl (C=O) groups is 4. The lowest BCUT2D eigenvalue weighted by Gasteiger charge is -2.21. The van der Waals surface area contributed by atoms with Crippen LogP contribution < -0.4 is 0 Å². The van der Waals surface area contributed by atoms with Gasteiger partial charge in [-0.05, 0) is 37.5 Å². The molecule has 0 fully saturated rings. The minimum Gasteiger partial charge on any atom is -0.462 e. The van der Waals surface area contributed by atoms with Crippen molar-refractivity contribution >= 4 is 39.5 Å². The molecular weight excluding hydrogens is 1380 g/mol. The normalized spacial score (nSPS) is 14.1. The fourth-order valence-electron chi connectivity index (χ4n) is 13.6. The van der Waals surface area contributed by atoms with E-state index in [1.807, 2.05) is 0 Å². The number of ether oxygens (including phenoxy) is 4. The molecule has 630 valence electrons. The first-order valence-corrected chi connectivity index (χ1v) is 48.0. The molecule has 0 aromatic heterocycles. The van der Waals surface area contributed by atoms with Crippen molar-refractivity contribution < 1.29 is 80.2 Å². The summed E-state index contributed by atoms with van der Waals surface area (Å²) in [6, 6.07) is 0. The molecule has 0 aliphatic carbocycles. The van der Waals surface area contributed by atoms with E-state index in [0.717, 1.165) is 108 Å². The third kappa shape index (κ3) is 78.7. The third-order valence-corrected chi connectivity index (χ3v) is 22.7. The molecule has 0 spiro atoms. The van der Waals surface area contributed by atoms with E-state index in [2.05, 4.69) is 41.5 Å². The minimum absolute atomic E-state index is 0.108. The predicted molar refractivity (Wildman–Crippen MR) is 437 cm³/mol. The monoisotopic (exact) mass is 1550 g/mol. The SMILES string of the molecule is CCCCCCCCCCCCCCCCCCCCCCC(=O)OC[C@H](COP(=O)(O)OC[C@@H](O)COP(=O)(O)OC[C@@H](COC(=O)CCCCCCCCC(C)CC)OC(=O)CCCCCCCCCCCCCCCCC)OC(=O)CCCCCCCCCCCCCCCCCCCCC(C)C. The Morgan fingerprint density at radius 3 is 0.717 bits per heavy atom. The van der Waals surface area contributed by atoms with Gasteiger partial charge in [-0.15, -0.1) is 0 Å². The van der Waals surface area contributed by atoms with Gasteiger partial charge in [-0.1, -0.05) is 414 Å². The molecule has 3 N–H and O–H groups in total. The highest BCUT2D eigenvalue weighted by atomic mass is 31.2.